The fourth-order valence-corrected chi connectivity index (χ4v) is 4.28. The fourth-order valence-electron chi connectivity index (χ4n) is 4.28. The van der Waals surface area contributed by atoms with Crippen LogP contribution in [0.15, 0.2) is 84.3 Å². The molecule has 4 rings (SSSR count). The van der Waals surface area contributed by atoms with Crippen molar-refractivity contribution in [1.82, 2.24) is 20.2 Å². The highest BCUT2D eigenvalue weighted by Gasteiger charge is 2.14. The highest BCUT2D eigenvalue weighted by molar-refractivity contribution is 5.96. The number of imidazole rings is 1. The molecule has 38 heavy (non-hydrogen) atoms. The molecule has 0 radical (unpaired) electrons. The van der Waals surface area contributed by atoms with Crippen molar-refractivity contribution in [1.29, 1.82) is 0 Å². The Balaban J connectivity index is 1.13. The summed E-state index contributed by atoms with van der Waals surface area (Å²) < 4.78 is 5.20. The number of aromatic amines is 1. The molecule has 3 aromatic rings. The van der Waals surface area contributed by atoms with Crippen LogP contribution in [0.3, 0.4) is 0 Å². The molecule has 0 saturated carbocycles. The lowest BCUT2D eigenvalue weighted by molar-refractivity contribution is 0.0978. The molecule has 198 valence electrons. The van der Waals surface area contributed by atoms with Crippen LogP contribution in [0.2, 0.25) is 0 Å². The molecule has 1 aliphatic rings. The summed E-state index contributed by atoms with van der Waals surface area (Å²) in [6, 6.07) is 17.5. The van der Waals surface area contributed by atoms with Gasteiger partial charge in [-0.2, -0.15) is 0 Å². The summed E-state index contributed by atoms with van der Waals surface area (Å²) >= 11 is 0. The second-order valence-corrected chi connectivity index (χ2v) is 9.38. The number of benzene rings is 2. The molecule has 1 amide bonds. The summed E-state index contributed by atoms with van der Waals surface area (Å²) in [5.41, 5.74) is 3.97. The first-order valence-electron chi connectivity index (χ1n) is 13.1. The average molecular weight is 514 g/mol. The number of nitrogens with zero attached hydrogens (tertiary/aromatic N) is 3. The van der Waals surface area contributed by atoms with Gasteiger partial charge in [0.15, 0.2) is 5.78 Å². The zero-order chi connectivity index (χ0) is 26.4. The van der Waals surface area contributed by atoms with E-state index in [1.54, 1.807) is 6.20 Å². The van der Waals surface area contributed by atoms with Crippen LogP contribution in [-0.2, 0) is 24.4 Å². The van der Waals surface area contributed by atoms with Gasteiger partial charge in [-0.15, -0.1) is 0 Å². The van der Waals surface area contributed by atoms with E-state index in [2.05, 4.69) is 31.3 Å². The molecule has 0 aliphatic carbocycles. The lowest BCUT2D eigenvalue weighted by atomic mass is 10.0. The van der Waals surface area contributed by atoms with Gasteiger partial charge in [0, 0.05) is 62.3 Å². The van der Waals surface area contributed by atoms with Crippen molar-refractivity contribution in [2.75, 3.05) is 13.1 Å². The van der Waals surface area contributed by atoms with Crippen LogP contribution in [0.4, 0.5) is 4.79 Å². The number of allylic oxidation sites excluding steroid dienone is 1. The van der Waals surface area contributed by atoms with E-state index in [0.717, 1.165) is 67.0 Å². The van der Waals surface area contributed by atoms with Crippen molar-refractivity contribution in [3.8, 4) is 0 Å². The Morgan fingerprint density at radius 3 is 2.53 bits per heavy atom. The first-order chi connectivity index (χ1) is 18.7. The minimum Gasteiger partial charge on any atom is -0.445 e. The van der Waals surface area contributed by atoms with Gasteiger partial charge >= 0.3 is 6.09 Å². The molecule has 0 bridgehead atoms. The van der Waals surface area contributed by atoms with Crippen molar-refractivity contribution in [2.45, 2.75) is 51.8 Å². The second kappa shape index (κ2) is 14.6. The van der Waals surface area contributed by atoms with Crippen molar-refractivity contribution in [3.05, 3.63) is 102 Å². The Morgan fingerprint density at radius 2 is 1.79 bits per heavy atom. The normalized spacial score (nSPS) is 12.5. The molecule has 1 aliphatic heterocycles. The summed E-state index contributed by atoms with van der Waals surface area (Å²) in [5, 5.41) is 2.76. The molecule has 8 nitrogen and oxygen atoms in total. The third-order valence-electron chi connectivity index (χ3n) is 6.30. The molecule has 0 spiro atoms. The largest absolute Gasteiger partial charge is 0.445 e. The number of H-pyrrole nitrogens is 1. The summed E-state index contributed by atoms with van der Waals surface area (Å²) in [5.74, 6) is 1.06. The summed E-state index contributed by atoms with van der Waals surface area (Å²) in [4.78, 5) is 38.7. The van der Waals surface area contributed by atoms with E-state index in [1.165, 1.54) is 0 Å². The Kier molecular flexibility index (Phi) is 10.4. The molecule has 2 N–H and O–H groups in total. The van der Waals surface area contributed by atoms with Crippen molar-refractivity contribution in [2.24, 2.45) is 4.99 Å². The summed E-state index contributed by atoms with van der Waals surface area (Å²) in [6.07, 6.45) is 10.9. The van der Waals surface area contributed by atoms with E-state index in [-0.39, 0.29) is 12.4 Å². The number of hydrogen-bond acceptors (Lipinski definition) is 6. The second-order valence-electron chi connectivity index (χ2n) is 9.38. The number of carbonyl (C=O) groups is 2. The Labute approximate surface area is 223 Å². The monoisotopic (exact) mass is 513 g/mol. The lowest BCUT2D eigenvalue weighted by Gasteiger charge is -2.21. The SMILES string of the molecule is O=C(NCCCCCC(=O)c1ccc(CN(CC2=NC=CC2)Cc2ncc[nH]2)cc1)OCc1ccccc1. The van der Waals surface area contributed by atoms with Gasteiger partial charge in [-0.1, -0.05) is 67.1 Å². The molecule has 0 saturated heterocycles. The number of rotatable bonds is 15. The number of ether oxygens (including phenoxy) is 1. The fraction of sp³-hybridized carbons (Fsp3) is 0.333. The van der Waals surface area contributed by atoms with Crippen molar-refractivity contribution in [3.63, 3.8) is 0 Å². The molecule has 8 heteroatoms. The van der Waals surface area contributed by atoms with Gasteiger partial charge in [-0.3, -0.25) is 14.7 Å². The van der Waals surface area contributed by atoms with Gasteiger partial charge in [0.05, 0.1) is 6.54 Å². The maximum atomic E-state index is 12.6. The predicted molar refractivity (Wildman–Crippen MR) is 148 cm³/mol. The number of nitrogens with one attached hydrogen (secondary N) is 2. The topological polar surface area (TPSA) is 99.7 Å². The quantitative estimate of drug-likeness (QED) is 0.208. The van der Waals surface area contributed by atoms with Crippen LogP contribution in [0.5, 0.6) is 0 Å². The van der Waals surface area contributed by atoms with Gasteiger partial charge in [-0.05, 0) is 24.0 Å². The summed E-state index contributed by atoms with van der Waals surface area (Å²) in [6.45, 7) is 3.01. The molecule has 2 aromatic carbocycles. The molecular formula is C30H35N5O3. The molecule has 2 heterocycles. The van der Waals surface area contributed by atoms with E-state index in [4.69, 9.17) is 4.74 Å². The highest BCUT2D eigenvalue weighted by atomic mass is 16.5. The standard InChI is InChI=1S/C30H35N5O3/c36-28(11-5-2-6-16-34-30(37)38-23-25-8-3-1-4-9-25)26-14-12-24(13-15-26)20-35(21-27-10-7-17-31-27)22-29-32-18-19-33-29/h1,3-4,7-9,12-15,17-19H,2,5-6,10-11,16,20-23H2,(H,32,33)(H,34,37). The molecular weight excluding hydrogens is 478 g/mol. The smallest absolute Gasteiger partial charge is 0.407 e. The van der Waals surface area contributed by atoms with Crippen molar-refractivity contribution >= 4 is 17.6 Å². The number of aliphatic imine (C=N–C) groups is 1. The number of carbonyl (C=O) groups excluding carboxylic acids is 2. The third kappa shape index (κ3) is 9.12. The zero-order valence-electron chi connectivity index (χ0n) is 21.6. The maximum Gasteiger partial charge on any atom is 0.407 e. The minimum atomic E-state index is -0.416. The number of alkyl carbamates (subject to hydrolysis) is 1. The van der Waals surface area contributed by atoms with E-state index < -0.39 is 6.09 Å². The number of unbranched alkanes of at least 4 members (excludes halogenated alkanes) is 2. The molecule has 1 aromatic heterocycles. The van der Waals surface area contributed by atoms with Crippen LogP contribution < -0.4 is 5.32 Å². The third-order valence-corrected chi connectivity index (χ3v) is 6.30. The van der Waals surface area contributed by atoms with E-state index in [1.807, 2.05) is 67.0 Å². The van der Waals surface area contributed by atoms with Gasteiger partial charge in [-0.25, -0.2) is 9.78 Å². The molecule has 0 fully saturated rings. The average Bonchev–Trinajstić information content (AvgIpc) is 3.65. The van der Waals surface area contributed by atoms with Crippen LogP contribution in [0.25, 0.3) is 0 Å². The first kappa shape index (κ1) is 27.0. The predicted octanol–water partition coefficient (Wildman–Crippen LogP) is 5.44. The van der Waals surface area contributed by atoms with Gasteiger partial charge in [0.1, 0.15) is 12.4 Å². The van der Waals surface area contributed by atoms with Crippen LogP contribution >= 0.6 is 0 Å². The minimum absolute atomic E-state index is 0.144. The van der Waals surface area contributed by atoms with E-state index in [9.17, 15) is 9.59 Å². The zero-order valence-corrected chi connectivity index (χ0v) is 21.6. The lowest BCUT2D eigenvalue weighted by Crippen LogP contribution is -2.29. The first-order valence-corrected chi connectivity index (χ1v) is 13.1. The van der Waals surface area contributed by atoms with Crippen LogP contribution in [-0.4, -0.2) is 45.5 Å². The van der Waals surface area contributed by atoms with E-state index in [0.29, 0.717) is 19.5 Å². The maximum absolute atomic E-state index is 12.6. The Hall–Kier alpha value is -4.04. The van der Waals surface area contributed by atoms with Crippen molar-refractivity contribution < 1.29 is 14.3 Å². The number of aromatic nitrogens is 2. The number of ketones is 1. The molecule has 0 atom stereocenters. The van der Waals surface area contributed by atoms with E-state index >= 15 is 0 Å². The summed E-state index contributed by atoms with van der Waals surface area (Å²) in [7, 11) is 0. The van der Waals surface area contributed by atoms with Gasteiger partial charge in [0.25, 0.3) is 0 Å². The van der Waals surface area contributed by atoms with Gasteiger partial charge in [0.2, 0.25) is 0 Å². The van der Waals surface area contributed by atoms with Gasteiger partial charge < -0.3 is 15.0 Å². The Bertz CT molecular complexity index is 1200. The number of Topliss-reactive ketones (excluding diaryl/α,β-unsaturated/α-hetero) is 1. The van der Waals surface area contributed by atoms with Crippen LogP contribution in [0.1, 0.15) is 59.4 Å². The highest BCUT2D eigenvalue weighted by Crippen LogP contribution is 2.14. The Morgan fingerprint density at radius 1 is 0.947 bits per heavy atom. The molecule has 0 unspecified atom stereocenters. The van der Waals surface area contributed by atoms with Crippen LogP contribution in [0, 0.1) is 0 Å². The number of hydrogen-bond donors (Lipinski definition) is 2. The number of amides is 1.